The van der Waals surface area contributed by atoms with Crippen LogP contribution in [0.1, 0.15) is 22.8 Å². The molecule has 0 bridgehead atoms. The lowest BCUT2D eigenvalue weighted by Gasteiger charge is -2.08. The highest BCUT2D eigenvalue weighted by Crippen LogP contribution is 2.18. The second kappa shape index (κ2) is 6.52. The molecule has 2 N–H and O–H groups in total. The van der Waals surface area contributed by atoms with E-state index in [9.17, 15) is 4.79 Å². The lowest BCUT2D eigenvalue weighted by atomic mass is 10.2. The van der Waals surface area contributed by atoms with Crippen molar-refractivity contribution in [2.45, 2.75) is 13.8 Å². The van der Waals surface area contributed by atoms with Crippen molar-refractivity contribution in [1.82, 2.24) is 4.98 Å². The molecule has 0 fully saturated rings. The molecule has 2 rings (SSSR count). The number of carbonyl (C=O) groups excluding carboxylic acids is 1. The number of halogens is 1. The molecule has 5 heteroatoms. The van der Waals surface area contributed by atoms with Crippen LogP contribution in [-0.4, -0.2) is 17.4 Å². The summed E-state index contributed by atoms with van der Waals surface area (Å²) < 4.78 is 0.892. The fraction of sp³-hybridized carbons (Fsp3) is 0.200. The Kier molecular flexibility index (Phi) is 4.74. The number of nitrogens with zero attached hydrogens (tertiary/aromatic N) is 1. The van der Waals surface area contributed by atoms with Gasteiger partial charge in [-0.2, -0.15) is 0 Å². The summed E-state index contributed by atoms with van der Waals surface area (Å²) in [6.45, 7) is 4.79. The minimum absolute atomic E-state index is 0.161. The molecule has 0 saturated heterocycles. The zero-order valence-corrected chi connectivity index (χ0v) is 13.0. The van der Waals surface area contributed by atoms with E-state index in [0.29, 0.717) is 11.4 Å². The number of rotatable bonds is 4. The quantitative estimate of drug-likeness (QED) is 0.893. The Morgan fingerprint density at radius 2 is 2.00 bits per heavy atom. The van der Waals surface area contributed by atoms with Gasteiger partial charge >= 0.3 is 0 Å². The van der Waals surface area contributed by atoms with Gasteiger partial charge in [0.1, 0.15) is 5.82 Å². The number of hydrogen-bond acceptors (Lipinski definition) is 3. The lowest BCUT2D eigenvalue weighted by Crippen LogP contribution is -2.14. The van der Waals surface area contributed by atoms with Gasteiger partial charge in [0.2, 0.25) is 0 Å². The summed E-state index contributed by atoms with van der Waals surface area (Å²) >= 11 is 3.35. The number of pyridine rings is 1. The van der Waals surface area contributed by atoms with Gasteiger partial charge in [-0.1, -0.05) is 0 Å². The van der Waals surface area contributed by atoms with E-state index >= 15 is 0 Å². The van der Waals surface area contributed by atoms with Crippen LogP contribution in [0.25, 0.3) is 0 Å². The topological polar surface area (TPSA) is 54.0 Å². The smallest absolute Gasteiger partial charge is 0.256 e. The van der Waals surface area contributed by atoms with E-state index in [-0.39, 0.29) is 5.91 Å². The highest BCUT2D eigenvalue weighted by molar-refractivity contribution is 9.10. The molecule has 104 valence electrons. The summed E-state index contributed by atoms with van der Waals surface area (Å²) in [5.41, 5.74) is 2.52. The van der Waals surface area contributed by atoms with Gasteiger partial charge in [-0.15, -0.1) is 0 Å². The Labute approximate surface area is 126 Å². The summed E-state index contributed by atoms with van der Waals surface area (Å²) in [4.78, 5) is 16.3. The first-order valence-corrected chi connectivity index (χ1v) is 7.17. The highest BCUT2D eigenvalue weighted by Gasteiger charge is 2.08. The summed E-state index contributed by atoms with van der Waals surface area (Å²) in [7, 11) is 0. The van der Waals surface area contributed by atoms with Crippen LogP contribution in [0.15, 0.2) is 41.0 Å². The minimum Gasteiger partial charge on any atom is -0.385 e. The second-order valence-electron chi connectivity index (χ2n) is 4.38. The van der Waals surface area contributed by atoms with Gasteiger partial charge in [-0.25, -0.2) is 4.98 Å². The molecule has 0 aliphatic rings. The first-order valence-electron chi connectivity index (χ1n) is 6.37. The fourth-order valence-electron chi connectivity index (χ4n) is 1.79. The van der Waals surface area contributed by atoms with Crippen molar-refractivity contribution in [3.05, 3.63) is 52.1 Å². The molecule has 0 aliphatic heterocycles. The molecular formula is C15H16BrN3O. The van der Waals surface area contributed by atoms with Crippen molar-refractivity contribution >= 4 is 33.3 Å². The van der Waals surface area contributed by atoms with Gasteiger partial charge in [0.15, 0.2) is 0 Å². The van der Waals surface area contributed by atoms with Crippen LogP contribution in [0.3, 0.4) is 0 Å². The molecule has 0 saturated carbocycles. The van der Waals surface area contributed by atoms with Crippen LogP contribution in [0.5, 0.6) is 0 Å². The standard InChI is InChI=1S/C15H16BrN3O/c1-3-17-13-6-4-11(5-7-13)15(20)19-14-10(2)8-12(16)9-18-14/h4-9,17H,3H2,1-2H3,(H,18,19,20). The molecule has 4 nitrogen and oxygen atoms in total. The predicted molar refractivity (Wildman–Crippen MR) is 85.2 cm³/mol. The monoisotopic (exact) mass is 333 g/mol. The molecule has 1 aromatic heterocycles. The predicted octanol–water partition coefficient (Wildman–Crippen LogP) is 3.84. The number of benzene rings is 1. The highest BCUT2D eigenvalue weighted by atomic mass is 79.9. The van der Waals surface area contributed by atoms with Crippen molar-refractivity contribution in [1.29, 1.82) is 0 Å². The third-order valence-corrected chi connectivity index (χ3v) is 3.24. The molecule has 0 aliphatic carbocycles. The van der Waals surface area contributed by atoms with E-state index in [2.05, 4.69) is 31.5 Å². The van der Waals surface area contributed by atoms with E-state index in [1.807, 2.05) is 32.0 Å². The van der Waals surface area contributed by atoms with Crippen LogP contribution in [0.4, 0.5) is 11.5 Å². The Bertz CT molecular complexity index is 611. The zero-order chi connectivity index (χ0) is 14.5. The Morgan fingerprint density at radius 3 is 2.60 bits per heavy atom. The molecule has 20 heavy (non-hydrogen) atoms. The maximum absolute atomic E-state index is 12.1. The molecule has 0 radical (unpaired) electrons. The van der Waals surface area contributed by atoms with E-state index in [4.69, 9.17) is 0 Å². The number of amides is 1. The number of carbonyl (C=O) groups is 1. The van der Waals surface area contributed by atoms with Gasteiger partial charge in [0, 0.05) is 28.5 Å². The van der Waals surface area contributed by atoms with Crippen LogP contribution >= 0.6 is 15.9 Å². The van der Waals surface area contributed by atoms with Crippen LogP contribution < -0.4 is 10.6 Å². The van der Waals surface area contributed by atoms with Crippen LogP contribution in [-0.2, 0) is 0 Å². The summed E-state index contributed by atoms with van der Waals surface area (Å²) in [6.07, 6.45) is 1.66. The maximum atomic E-state index is 12.1. The summed E-state index contributed by atoms with van der Waals surface area (Å²) in [6, 6.07) is 9.28. The molecule has 2 aromatic rings. The number of aromatic nitrogens is 1. The lowest BCUT2D eigenvalue weighted by molar-refractivity contribution is 0.102. The number of aryl methyl sites for hydroxylation is 1. The number of anilines is 2. The van der Waals surface area contributed by atoms with Crippen molar-refractivity contribution in [3.8, 4) is 0 Å². The van der Waals surface area contributed by atoms with Gasteiger partial charge in [0.05, 0.1) is 0 Å². The summed E-state index contributed by atoms with van der Waals surface area (Å²) in [5, 5.41) is 6.00. The maximum Gasteiger partial charge on any atom is 0.256 e. The molecular weight excluding hydrogens is 318 g/mol. The third-order valence-electron chi connectivity index (χ3n) is 2.80. The second-order valence-corrected chi connectivity index (χ2v) is 5.30. The molecule has 0 unspecified atom stereocenters. The zero-order valence-electron chi connectivity index (χ0n) is 11.4. The van der Waals surface area contributed by atoms with Crippen LogP contribution in [0.2, 0.25) is 0 Å². The Morgan fingerprint density at radius 1 is 1.30 bits per heavy atom. The first kappa shape index (κ1) is 14.5. The normalized spacial score (nSPS) is 10.2. The van der Waals surface area contributed by atoms with Gasteiger partial charge < -0.3 is 10.6 Å². The van der Waals surface area contributed by atoms with E-state index in [0.717, 1.165) is 22.3 Å². The van der Waals surface area contributed by atoms with Crippen molar-refractivity contribution in [2.24, 2.45) is 0 Å². The minimum atomic E-state index is -0.161. The largest absolute Gasteiger partial charge is 0.385 e. The van der Waals surface area contributed by atoms with E-state index in [1.165, 1.54) is 0 Å². The van der Waals surface area contributed by atoms with Gasteiger partial charge in [-0.3, -0.25) is 4.79 Å². The third kappa shape index (κ3) is 3.57. The molecule has 0 atom stereocenters. The molecule has 1 heterocycles. The number of hydrogen-bond donors (Lipinski definition) is 2. The van der Waals surface area contributed by atoms with Crippen molar-refractivity contribution in [3.63, 3.8) is 0 Å². The molecule has 1 amide bonds. The van der Waals surface area contributed by atoms with Crippen molar-refractivity contribution < 1.29 is 4.79 Å². The van der Waals surface area contributed by atoms with Gasteiger partial charge in [0.25, 0.3) is 5.91 Å². The average Bonchev–Trinajstić information content (AvgIpc) is 2.43. The fourth-order valence-corrected chi connectivity index (χ4v) is 2.24. The van der Waals surface area contributed by atoms with Crippen LogP contribution in [0, 0.1) is 6.92 Å². The number of nitrogens with one attached hydrogen (secondary N) is 2. The molecule has 0 spiro atoms. The average molecular weight is 334 g/mol. The molecule has 1 aromatic carbocycles. The first-order chi connectivity index (χ1) is 9.60. The van der Waals surface area contributed by atoms with E-state index in [1.54, 1.807) is 18.3 Å². The van der Waals surface area contributed by atoms with Gasteiger partial charge in [-0.05, 0) is 65.7 Å². The Hall–Kier alpha value is -1.88. The Balaban J connectivity index is 2.11. The summed E-state index contributed by atoms with van der Waals surface area (Å²) in [5.74, 6) is 0.417. The SMILES string of the molecule is CCNc1ccc(C(=O)Nc2ncc(Br)cc2C)cc1. The van der Waals surface area contributed by atoms with Crippen molar-refractivity contribution in [2.75, 3.05) is 17.2 Å². The van der Waals surface area contributed by atoms with E-state index < -0.39 is 0 Å².